The third kappa shape index (κ3) is 4.56. The smallest absolute Gasteiger partial charge is 0.347 e. The zero-order valence-electron chi connectivity index (χ0n) is 15.7. The van der Waals surface area contributed by atoms with Crippen LogP contribution in [0.1, 0.15) is 15.9 Å². The lowest BCUT2D eigenvalue weighted by molar-refractivity contribution is 0.103. The van der Waals surface area contributed by atoms with Gasteiger partial charge >= 0.3 is 5.63 Å². The van der Waals surface area contributed by atoms with Crippen LogP contribution >= 0.6 is 0 Å². The van der Waals surface area contributed by atoms with Crippen LogP contribution in [-0.4, -0.2) is 49.5 Å². The average Bonchev–Trinajstić information content (AvgIpc) is 2.75. The first-order valence-electron chi connectivity index (χ1n) is 8.85. The van der Waals surface area contributed by atoms with Gasteiger partial charge in [0.1, 0.15) is 30.1 Å². The van der Waals surface area contributed by atoms with Crippen LogP contribution in [0.25, 0.3) is 11.0 Å². The molecule has 152 valence electrons. The summed E-state index contributed by atoms with van der Waals surface area (Å²) in [4.78, 5) is 25.2. The highest BCUT2D eigenvalue weighted by Gasteiger charge is 2.18. The first-order valence-corrected chi connectivity index (χ1v) is 8.85. The van der Waals surface area contributed by atoms with Gasteiger partial charge in [0.05, 0.1) is 20.3 Å². The van der Waals surface area contributed by atoms with Crippen molar-refractivity contribution in [3.8, 4) is 17.2 Å². The minimum absolute atomic E-state index is 0.0132. The molecule has 0 aliphatic heterocycles. The predicted octanol–water partition coefficient (Wildman–Crippen LogP) is 1.77. The Balaban J connectivity index is 2.03. The summed E-state index contributed by atoms with van der Waals surface area (Å²) in [5.41, 5.74) is -0.391. The van der Waals surface area contributed by atoms with Crippen molar-refractivity contribution in [3.05, 3.63) is 64.0 Å². The number of methoxy groups -OCH3 is 1. The Morgan fingerprint density at radius 1 is 0.966 bits per heavy atom. The summed E-state index contributed by atoms with van der Waals surface area (Å²) in [6, 6.07) is 10.8. The second kappa shape index (κ2) is 9.22. The predicted molar refractivity (Wildman–Crippen MR) is 104 cm³/mol. The van der Waals surface area contributed by atoms with Crippen molar-refractivity contribution in [1.82, 2.24) is 0 Å². The number of hydrogen-bond acceptors (Lipinski definition) is 8. The third-order valence-corrected chi connectivity index (χ3v) is 4.09. The minimum Gasteiger partial charge on any atom is -0.497 e. The van der Waals surface area contributed by atoms with Crippen molar-refractivity contribution < 1.29 is 33.6 Å². The van der Waals surface area contributed by atoms with Crippen LogP contribution in [0.3, 0.4) is 0 Å². The molecule has 2 N–H and O–H groups in total. The second-order valence-corrected chi connectivity index (χ2v) is 5.99. The highest BCUT2D eigenvalue weighted by atomic mass is 16.5. The normalized spacial score (nSPS) is 10.7. The van der Waals surface area contributed by atoms with Crippen molar-refractivity contribution >= 4 is 16.8 Å². The molecule has 2 aromatic carbocycles. The first kappa shape index (κ1) is 20.4. The van der Waals surface area contributed by atoms with E-state index in [9.17, 15) is 9.59 Å². The standard InChI is InChI=1S/C21H20O8/c1-26-15-4-2-13(3-5-15)20(24)16-10-14-11-18(27-8-6-22)19(28-9-7-23)12-17(14)29-21(16)25/h2-5,10-12,22-23H,6-9H2,1H3. The van der Waals surface area contributed by atoms with E-state index in [0.29, 0.717) is 16.7 Å². The zero-order valence-corrected chi connectivity index (χ0v) is 15.7. The first-order chi connectivity index (χ1) is 14.1. The monoisotopic (exact) mass is 400 g/mol. The van der Waals surface area contributed by atoms with E-state index < -0.39 is 11.4 Å². The van der Waals surface area contributed by atoms with E-state index >= 15 is 0 Å². The van der Waals surface area contributed by atoms with Crippen LogP contribution in [0.15, 0.2) is 51.7 Å². The van der Waals surface area contributed by atoms with Crippen molar-refractivity contribution in [2.24, 2.45) is 0 Å². The van der Waals surface area contributed by atoms with E-state index in [0.717, 1.165) is 0 Å². The maximum absolute atomic E-state index is 12.8. The highest BCUT2D eigenvalue weighted by Crippen LogP contribution is 2.32. The molecule has 3 rings (SSSR count). The molecule has 0 fully saturated rings. The van der Waals surface area contributed by atoms with E-state index in [1.165, 1.54) is 19.2 Å². The van der Waals surface area contributed by atoms with E-state index in [1.54, 1.807) is 30.3 Å². The molecule has 29 heavy (non-hydrogen) atoms. The van der Waals surface area contributed by atoms with Crippen molar-refractivity contribution in [2.75, 3.05) is 33.5 Å². The Kier molecular flexibility index (Phi) is 6.48. The van der Waals surface area contributed by atoms with Crippen molar-refractivity contribution in [2.45, 2.75) is 0 Å². The molecule has 1 heterocycles. The molecule has 8 heteroatoms. The van der Waals surface area contributed by atoms with Gasteiger partial charge in [0, 0.05) is 17.0 Å². The lowest BCUT2D eigenvalue weighted by Gasteiger charge is -2.13. The maximum atomic E-state index is 12.8. The van der Waals surface area contributed by atoms with E-state index in [1.807, 2.05) is 0 Å². The summed E-state index contributed by atoms with van der Waals surface area (Å²) < 4.78 is 21.2. The molecule has 0 atom stereocenters. The molecular weight excluding hydrogens is 380 g/mol. The Hall–Kier alpha value is -3.36. The van der Waals surface area contributed by atoms with Gasteiger partial charge in [0.15, 0.2) is 17.3 Å². The Labute approximate surface area is 165 Å². The highest BCUT2D eigenvalue weighted by molar-refractivity contribution is 6.10. The Bertz CT molecular complexity index is 1050. The molecule has 8 nitrogen and oxygen atoms in total. The van der Waals surface area contributed by atoms with Gasteiger partial charge in [0.2, 0.25) is 0 Å². The molecule has 1 aromatic heterocycles. The number of carbonyl (C=O) groups is 1. The Morgan fingerprint density at radius 2 is 1.59 bits per heavy atom. The number of ether oxygens (including phenoxy) is 3. The van der Waals surface area contributed by atoms with Crippen LogP contribution < -0.4 is 19.8 Å². The summed E-state index contributed by atoms with van der Waals surface area (Å²) in [7, 11) is 1.52. The fourth-order valence-electron chi connectivity index (χ4n) is 2.72. The number of rotatable bonds is 9. The fourth-order valence-corrected chi connectivity index (χ4v) is 2.72. The molecule has 0 bridgehead atoms. The third-order valence-electron chi connectivity index (χ3n) is 4.09. The maximum Gasteiger partial charge on any atom is 0.347 e. The van der Waals surface area contributed by atoms with E-state index in [4.69, 9.17) is 28.8 Å². The molecule has 0 unspecified atom stereocenters. The van der Waals surface area contributed by atoms with E-state index in [2.05, 4.69) is 0 Å². The minimum atomic E-state index is -0.782. The topological polar surface area (TPSA) is 115 Å². The molecule has 0 aliphatic carbocycles. The Morgan fingerprint density at radius 3 is 2.17 bits per heavy atom. The summed E-state index contributed by atoms with van der Waals surface area (Å²) in [6.07, 6.45) is 0. The van der Waals surface area contributed by atoms with Gasteiger partial charge in [-0.1, -0.05) is 0 Å². The van der Waals surface area contributed by atoms with Crippen LogP contribution in [-0.2, 0) is 0 Å². The van der Waals surface area contributed by atoms with Crippen LogP contribution in [0, 0.1) is 0 Å². The van der Waals surface area contributed by atoms with Gasteiger partial charge in [-0.2, -0.15) is 0 Å². The summed E-state index contributed by atoms with van der Waals surface area (Å²) in [5, 5.41) is 18.4. The van der Waals surface area contributed by atoms with Crippen LogP contribution in [0.2, 0.25) is 0 Å². The number of aliphatic hydroxyl groups is 2. The lowest BCUT2D eigenvalue weighted by atomic mass is 10.0. The van der Waals surface area contributed by atoms with Crippen molar-refractivity contribution in [3.63, 3.8) is 0 Å². The van der Waals surface area contributed by atoms with E-state index in [-0.39, 0.29) is 49.1 Å². The largest absolute Gasteiger partial charge is 0.497 e. The molecular formula is C21H20O8. The molecule has 0 amide bonds. The molecule has 3 aromatic rings. The number of aliphatic hydroxyl groups excluding tert-OH is 2. The fraction of sp³-hybridized carbons (Fsp3) is 0.238. The average molecular weight is 400 g/mol. The van der Waals surface area contributed by atoms with Crippen LogP contribution in [0.5, 0.6) is 17.2 Å². The molecule has 0 radical (unpaired) electrons. The van der Waals surface area contributed by atoms with Gasteiger partial charge in [-0.15, -0.1) is 0 Å². The zero-order chi connectivity index (χ0) is 20.8. The number of hydrogen-bond donors (Lipinski definition) is 2. The number of fused-ring (bicyclic) bond motifs is 1. The number of benzene rings is 2. The molecule has 0 spiro atoms. The second-order valence-electron chi connectivity index (χ2n) is 5.99. The van der Waals surface area contributed by atoms with Gasteiger partial charge < -0.3 is 28.8 Å². The summed E-state index contributed by atoms with van der Waals surface area (Å²) >= 11 is 0. The van der Waals surface area contributed by atoms with Gasteiger partial charge in [0.25, 0.3) is 0 Å². The van der Waals surface area contributed by atoms with Gasteiger partial charge in [-0.25, -0.2) is 4.79 Å². The SMILES string of the molecule is COc1ccc(C(=O)c2cc3cc(OCCO)c(OCCO)cc3oc2=O)cc1. The van der Waals surface area contributed by atoms with Crippen LogP contribution in [0.4, 0.5) is 0 Å². The quantitative estimate of drug-likeness (QED) is 0.413. The summed E-state index contributed by atoms with van der Waals surface area (Å²) in [5.74, 6) is 0.643. The number of carbonyl (C=O) groups excluding carboxylic acids is 1. The summed E-state index contributed by atoms with van der Waals surface area (Å²) in [6.45, 7) is -0.381. The molecule has 0 aliphatic rings. The van der Waals surface area contributed by atoms with Gasteiger partial charge in [-0.05, 0) is 36.4 Å². The molecule has 0 saturated carbocycles. The van der Waals surface area contributed by atoms with Gasteiger partial charge in [-0.3, -0.25) is 4.79 Å². The lowest BCUT2D eigenvalue weighted by Crippen LogP contribution is -2.15. The molecule has 0 saturated heterocycles. The van der Waals surface area contributed by atoms with Crippen molar-refractivity contribution in [1.29, 1.82) is 0 Å². The number of ketones is 1.